The van der Waals surface area contributed by atoms with E-state index >= 15 is 0 Å². The van der Waals surface area contributed by atoms with Crippen LogP contribution in [-0.4, -0.2) is 14.9 Å². The molecule has 7 nitrogen and oxygen atoms in total. The van der Waals surface area contributed by atoms with E-state index in [4.69, 9.17) is 11.0 Å². The molecule has 0 spiro atoms. The summed E-state index contributed by atoms with van der Waals surface area (Å²) in [6.45, 7) is 0. The number of nitrogen functional groups attached to an aromatic ring is 1. The van der Waals surface area contributed by atoms with Crippen molar-refractivity contribution in [1.29, 1.82) is 5.26 Å². The Labute approximate surface area is 106 Å². The Morgan fingerprint density at radius 2 is 2.11 bits per heavy atom. The van der Waals surface area contributed by atoms with E-state index < -0.39 is 16.4 Å². The lowest BCUT2D eigenvalue weighted by atomic mass is 10.1. The van der Waals surface area contributed by atoms with Crippen LogP contribution in [0.5, 0.6) is 0 Å². The van der Waals surface area contributed by atoms with Gasteiger partial charge in [0, 0.05) is 5.56 Å². The van der Waals surface area contributed by atoms with E-state index in [2.05, 4.69) is 9.97 Å². The van der Waals surface area contributed by atoms with E-state index in [9.17, 15) is 14.5 Å². The van der Waals surface area contributed by atoms with E-state index in [1.807, 2.05) is 0 Å². The summed E-state index contributed by atoms with van der Waals surface area (Å²) in [7, 11) is 0. The van der Waals surface area contributed by atoms with Crippen molar-refractivity contribution in [3.05, 3.63) is 46.0 Å². The predicted molar refractivity (Wildman–Crippen MR) is 63.2 cm³/mol. The third-order valence-electron chi connectivity index (χ3n) is 2.33. The first-order chi connectivity index (χ1) is 9.02. The molecule has 0 saturated carbocycles. The van der Waals surface area contributed by atoms with Crippen molar-refractivity contribution in [2.75, 3.05) is 5.73 Å². The fourth-order valence-corrected chi connectivity index (χ4v) is 1.57. The second-order valence-corrected chi connectivity index (χ2v) is 3.55. The molecule has 0 aliphatic carbocycles. The van der Waals surface area contributed by atoms with Gasteiger partial charge in [-0.05, 0) is 18.2 Å². The molecule has 0 atom stereocenters. The molecular weight excluding hydrogens is 253 g/mol. The van der Waals surface area contributed by atoms with Gasteiger partial charge in [0.1, 0.15) is 12.1 Å². The fourth-order valence-electron chi connectivity index (χ4n) is 1.57. The van der Waals surface area contributed by atoms with Crippen LogP contribution in [0, 0.1) is 27.3 Å². The van der Waals surface area contributed by atoms with Gasteiger partial charge in [-0.2, -0.15) is 5.26 Å². The minimum Gasteiger partial charge on any atom is -0.378 e. The number of rotatable bonds is 2. The Morgan fingerprint density at radius 3 is 2.74 bits per heavy atom. The molecule has 0 radical (unpaired) electrons. The number of anilines is 1. The highest BCUT2D eigenvalue weighted by atomic mass is 19.1. The summed E-state index contributed by atoms with van der Waals surface area (Å²) < 4.78 is 13.3. The quantitative estimate of drug-likeness (QED) is 0.646. The monoisotopic (exact) mass is 259 g/mol. The summed E-state index contributed by atoms with van der Waals surface area (Å²) in [6.07, 6.45) is 1.04. The molecule has 0 aliphatic rings. The average Bonchev–Trinajstić information content (AvgIpc) is 2.37. The number of hydrogen-bond donors (Lipinski definition) is 1. The highest BCUT2D eigenvalue weighted by Crippen LogP contribution is 2.31. The van der Waals surface area contributed by atoms with Crippen molar-refractivity contribution in [3.8, 4) is 17.3 Å². The van der Waals surface area contributed by atoms with Gasteiger partial charge in [0.2, 0.25) is 5.82 Å². The van der Waals surface area contributed by atoms with Crippen LogP contribution in [0.1, 0.15) is 5.56 Å². The Kier molecular flexibility index (Phi) is 3.03. The van der Waals surface area contributed by atoms with Crippen molar-refractivity contribution in [2.45, 2.75) is 0 Å². The zero-order valence-electron chi connectivity index (χ0n) is 9.37. The summed E-state index contributed by atoms with van der Waals surface area (Å²) in [5.41, 5.74) is 4.89. The molecule has 0 saturated heterocycles. The number of nitrogens with zero attached hydrogens (tertiary/aromatic N) is 4. The first kappa shape index (κ1) is 12.4. The summed E-state index contributed by atoms with van der Waals surface area (Å²) in [5, 5.41) is 19.7. The summed E-state index contributed by atoms with van der Waals surface area (Å²) in [5.74, 6) is -1.02. The number of hydrogen-bond acceptors (Lipinski definition) is 6. The number of halogens is 1. The van der Waals surface area contributed by atoms with Gasteiger partial charge in [-0.25, -0.2) is 14.4 Å². The molecule has 19 heavy (non-hydrogen) atoms. The van der Waals surface area contributed by atoms with E-state index in [-0.39, 0.29) is 22.6 Å². The lowest BCUT2D eigenvalue weighted by Crippen LogP contribution is -2.02. The maximum Gasteiger partial charge on any atom is 0.337 e. The van der Waals surface area contributed by atoms with Gasteiger partial charge >= 0.3 is 5.69 Å². The maximum absolute atomic E-state index is 13.3. The molecule has 2 rings (SSSR count). The second-order valence-electron chi connectivity index (χ2n) is 3.55. The van der Waals surface area contributed by atoms with Crippen LogP contribution in [-0.2, 0) is 0 Å². The Hall–Kier alpha value is -3.08. The van der Waals surface area contributed by atoms with Crippen LogP contribution >= 0.6 is 0 Å². The van der Waals surface area contributed by atoms with Gasteiger partial charge in [-0.15, -0.1) is 0 Å². The molecule has 1 aromatic carbocycles. The largest absolute Gasteiger partial charge is 0.378 e. The maximum atomic E-state index is 13.3. The third kappa shape index (κ3) is 2.30. The van der Waals surface area contributed by atoms with Crippen molar-refractivity contribution in [3.63, 3.8) is 0 Å². The van der Waals surface area contributed by atoms with Crippen LogP contribution in [0.3, 0.4) is 0 Å². The number of benzene rings is 1. The highest BCUT2D eigenvalue weighted by Gasteiger charge is 2.22. The van der Waals surface area contributed by atoms with Gasteiger partial charge in [0.25, 0.3) is 0 Å². The number of nitriles is 1. The SMILES string of the molecule is N#Cc1cc(F)cc(-c2ncnc(N)c2[N+](=O)[O-])c1. The normalized spacial score (nSPS) is 9.89. The molecule has 0 aliphatic heterocycles. The summed E-state index contributed by atoms with van der Waals surface area (Å²) in [4.78, 5) is 17.5. The predicted octanol–water partition coefficient (Wildman–Crippen LogP) is 1.64. The highest BCUT2D eigenvalue weighted by molar-refractivity contribution is 5.76. The van der Waals surface area contributed by atoms with Crippen molar-refractivity contribution in [1.82, 2.24) is 9.97 Å². The zero-order chi connectivity index (χ0) is 14.0. The fraction of sp³-hybridized carbons (Fsp3) is 0. The van der Waals surface area contributed by atoms with Crippen LogP contribution in [0.25, 0.3) is 11.3 Å². The number of nitrogens with two attached hydrogens (primary N) is 1. The first-order valence-corrected chi connectivity index (χ1v) is 4.99. The Morgan fingerprint density at radius 1 is 1.37 bits per heavy atom. The van der Waals surface area contributed by atoms with Gasteiger partial charge in [-0.3, -0.25) is 10.1 Å². The number of nitro groups is 1. The Balaban J connectivity index is 2.73. The van der Waals surface area contributed by atoms with Crippen molar-refractivity contribution in [2.24, 2.45) is 0 Å². The van der Waals surface area contributed by atoms with Crippen LogP contribution in [0.4, 0.5) is 15.9 Å². The molecule has 0 fully saturated rings. The first-order valence-electron chi connectivity index (χ1n) is 4.99. The van der Waals surface area contributed by atoms with Gasteiger partial charge in [0.05, 0.1) is 16.6 Å². The lowest BCUT2D eigenvalue weighted by Gasteiger charge is -2.04. The Bertz CT molecular complexity index is 711. The molecule has 1 heterocycles. The minimum atomic E-state index is -0.748. The third-order valence-corrected chi connectivity index (χ3v) is 2.33. The molecule has 1 aromatic heterocycles. The summed E-state index contributed by atoms with van der Waals surface area (Å²) in [6, 6.07) is 5.10. The standard InChI is InChI=1S/C11H6FN5O2/c12-8-2-6(4-13)1-7(3-8)9-10(17(18)19)11(14)16-5-15-9/h1-3,5H,(H2,14,15,16). The zero-order valence-corrected chi connectivity index (χ0v) is 9.37. The van der Waals surface area contributed by atoms with Crippen LogP contribution in [0.2, 0.25) is 0 Å². The van der Waals surface area contributed by atoms with E-state index in [0.29, 0.717) is 0 Å². The molecule has 0 unspecified atom stereocenters. The minimum absolute atomic E-state index is 0.0291. The van der Waals surface area contributed by atoms with E-state index in [0.717, 1.165) is 18.5 Å². The van der Waals surface area contributed by atoms with Crippen LogP contribution in [0.15, 0.2) is 24.5 Å². The molecule has 0 amide bonds. The topological polar surface area (TPSA) is 119 Å². The average molecular weight is 259 g/mol. The molecule has 8 heteroatoms. The lowest BCUT2D eigenvalue weighted by molar-refractivity contribution is -0.383. The van der Waals surface area contributed by atoms with Crippen molar-refractivity contribution < 1.29 is 9.31 Å². The van der Waals surface area contributed by atoms with E-state index in [1.165, 1.54) is 6.07 Å². The molecule has 2 N–H and O–H groups in total. The van der Waals surface area contributed by atoms with Gasteiger partial charge in [0.15, 0.2) is 5.69 Å². The van der Waals surface area contributed by atoms with Crippen LogP contribution < -0.4 is 5.73 Å². The molecular formula is C11H6FN5O2. The summed E-state index contributed by atoms with van der Waals surface area (Å²) >= 11 is 0. The van der Waals surface area contributed by atoms with Crippen molar-refractivity contribution >= 4 is 11.5 Å². The second kappa shape index (κ2) is 4.66. The molecule has 2 aromatic rings. The van der Waals surface area contributed by atoms with E-state index in [1.54, 1.807) is 6.07 Å². The number of aromatic nitrogens is 2. The smallest absolute Gasteiger partial charge is 0.337 e. The van der Waals surface area contributed by atoms with Gasteiger partial charge in [-0.1, -0.05) is 0 Å². The molecule has 0 bridgehead atoms. The molecule has 94 valence electrons. The van der Waals surface area contributed by atoms with Gasteiger partial charge < -0.3 is 5.73 Å².